The predicted molar refractivity (Wildman–Crippen MR) is 45.5 cm³/mol. The lowest BCUT2D eigenvalue weighted by atomic mass is 10.2. The number of aliphatic hydroxyl groups excluding tert-OH is 2. The Morgan fingerprint density at radius 3 is 2.45 bits per heavy atom. The average Bonchev–Trinajstić information content (AvgIpc) is 1.97. The van der Waals surface area contributed by atoms with Crippen molar-refractivity contribution in [1.29, 1.82) is 0 Å². The minimum atomic E-state index is -0.297. The summed E-state index contributed by atoms with van der Waals surface area (Å²) < 4.78 is 0. The molecule has 0 amide bonds. The van der Waals surface area contributed by atoms with Crippen LogP contribution in [0.3, 0.4) is 0 Å². The van der Waals surface area contributed by atoms with Crippen LogP contribution in [-0.4, -0.2) is 35.5 Å². The first-order chi connectivity index (χ1) is 5.16. The number of hydrogen-bond acceptors (Lipinski definition) is 3. The number of nitrogens with one attached hydrogen (secondary N) is 1. The molecular formula is C8H19NO2. The fourth-order valence-corrected chi connectivity index (χ4v) is 0.784. The molecule has 0 saturated carbocycles. The van der Waals surface area contributed by atoms with E-state index < -0.39 is 0 Å². The van der Waals surface area contributed by atoms with E-state index >= 15 is 0 Å². The fourth-order valence-electron chi connectivity index (χ4n) is 0.784. The molecule has 0 spiro atoms. The number of rotatable bonds is 6. The smallest absolute Gasteiger partial charge is 0.0636 e. The zero-order valence-electron chi connectivity index (χ0n) is 7.38. The zero-order chi connectivity index (χ0) is 8.69. The van der Waals surface area contributed by atoms with Crippen LogP contribution in [0.15, 0.2) is 0 Å². The average molecular weight is 161 g/mol. The summed E-state index contributed by atoms with van der Waals surface area (Å²) in [6.45, 7) is 5.08. The summed E-state index contributed by atoms with van der Waals surface area (Å²) in [7, 11) is 0. The molecule has 0 rings (SSSR count). The van der Waals surface area contributed by atoms with Crippen molar-refractivity contribution in [3.05, 3.63) is 0 Å². The molecule has 3 N–H and O–H groups in total. The minimum Gasteiger partial charge on any atom is -0.393 e. The summed E-state index contributed by atoms with van der Waals surface area (Å²) in [5.41, 5.74) is 0. The van der Waals surface area contributed by atoms with E-state index in [-0.39, 0.29) is 12.2 Å². The standard InChI is InChI=1S/C8H19NO2/c1-3-8(11)4-5-9-6-7(2)10/h7-11H,3-6H2,1-2H3/t7-,8?/m0/s1. The molecule has 1 unspecified atom stereocenters. The van der Waals surface area contributed by atoms with E-state index in [4.69, 9.17) is 10.2 Å². The van der Waals surface area contributed by atoms with Crippen molar-refractivity contribution >= 4 is 0 Å². The SMILES string of the molecule is CCC(O)CCNC[C@H](C)O. The Labute approximate surface area is 68.4 Å². The molecule has 0 aromatic carbocycles. The summed E-state index contributed by atoms with van der Waals surface area (Å²) in [4.78, 5) is 0. The normalized spacial score (nSPS) is 16.4. The highest BCUT2D eigenvalue weighted by Crippen LogP contribution is 1.93. The molecule has 2 atom stereocenters. The summed E-state index contributed by atoms with van der Waals surface area (Å²) in [6, 6.07) is 0. The van der Waals surface area contributed by atoms with E-state index in [1.807, 2.05) is 6.92 Å². The highest BCUT2D eigenvalue weighted by Gasteiger charge is 1.99. The van der Waals surface area contributed by atoms with Crippen LogP contribution in [0.25, 0.3) is 0 Å². The Morgan fingerprint density at radius 2 is 2.00 bits per heavy atom. The number of aliphatic hydroxyl groups is 2. The van der Waals surface area contributed by atoms with Gasteiger partial charge < -0.3 is 15.5 Å². The maximum absolute atomic E-state index is 9.12. The molecule has 0 aliphatic heterocycles. The maximum atomic E-state index is 9.12. The first-order valence-corrected chi connectivity index (χ1v) is 4.23. The Morgan fingerprint density at radius 1 is 1.36 bits per heavy atom. The fraction of sp³-hybridized carbons (Fsp3) is 1.00. The van der Waals surface area contributed by atoms with Crippen molar-refractivity contribution in [3.63, 3.8) is 0 Å². The lowest BCUT2D eigenvalue weighted by Crippen LogP contribution is -2.27. The molecule has 11 heavy (non-hydrogen) atoms. The second-order valence-electron chi connectivity index (χ2n) is 2.90. The van der Waals surface area contributed by atoms with Gasteiger partial charge in [-0.25, -0.2) is 0 Å². The number of hydrogen-bond donors (Lipinski definition) is 3. The summed E-state index contributed by atoms with van der Waals surface area (Å²) in [5.74, 6) is 0. The van der Waals surface area contributed by atoms with Gasteiger partial charge in [-0.1, -0.05) is 6.92 Å². The van der Waals surface area contributed by atoms with Crippen LogP contribution in [0.1, 0.15) is 26.7 Å². The molecule has 0 fully saturated rings. The van der Waals surface area contributed by atoms with Gasteiger partial charge in [0.25, 0.3) is 0 Å². The van der Waals surface area contributed by atoms with Gasteiger partial charge in [0.05, 0.1) is 12.2 Å². The van der Waals surface area contributed by atoms with E-state index in [1.54, 1.807) is 6.92 Å². The Balaban J connectivity index is 3.01. The second-order valence-corrected chi connectivity index (χ2v) is 2.90. The van der Waals surface area contributed by atoms with Crippen LogP contribution in [0.5, 0.6) is 0 Å². The largest absolute Gasteiger partial charge is 0.393 e. The molecular weight excluding hydrogens is 142 g/mol. The lowest BCUT2D eigenvalue weighted by molar-refractivity contribution is 0.153. The molecule has 68 valence electrons. The maximum Gasteiger partial charge on any atom is 0.0636 e. The summed E-state index contributed by atoms with van der Waals surface area (Å²) in [5, 5.41) is 21.0. The van der Waals surface area contributed by atoms with Gasteiger partial charge in [0.2, 0.25) is 0 Å². The lowest BCUT2D eigenvalue weighted by Gasteiger charge is -2.09. The van der Waals surface area contributed by atoms with Gasteiger partial charge in [-0.15, -0.1) is 0 Å². The molecule has 0 radical (unpaired) electrons. The van der Waals surface area contributed by atoms with Gasteiger partial charge in [0, 0.05) is 6.54 Å². The Hall–Kier alpha value is -0.120. The van der Waals surface area contributed by atoms with Gasteiger partial charge in [0.15, 0.2) is 0 Å². The van der Waals surface area contributed by atoms with Gasteiger partial charge >= 0.3 is 0 Å². The Kier molecular flexibility index (Phi) is 6.51. The molecule has 0 aromatic heterocycles. The monoisotopic (exact) mass is 161 g/mol. The van der Waals surface area contributed by atoms with Crippen molar-refractivity contribution in [2.75, 3.05) is 13.1 Å². The van der Waals surface area contributed by atoms with Gasteiger partial charge in [-0.05, 0) is 26.3 Å². The molecule has 0 bridgehead atoms. The van der Waals surface area contributed by atoms with E-state index in [1.165, 1.54) is 0 Å². The molecule has 0 aliphatic rings. The third-order valence-corrected chi connectivity index (χ3v) is 1.57. The van der Waals surface area contributed by atoms with Gasteiger partial charge in [-0.3, -0.25) is 0 Å². The zero-order valence-corrected chi connectivity index (χ0v) is 7.38. The summed E-state index contributed by atoms with van der Waals surface area (Å²) >= 11 is 0. The van der Waals surface area contributed by atoms with Crippen LogP contribution >= 0.6 is 0 Å². The van der Waals surface area contributed by atoms with Crippen LogP contribution in [-0.2, 0) is 0 Å². The van der Waals surface area contributed by atoms with Crippen LogP contribution < -0.4 is 5.32 Å². The van der Waals surface area contributed by atoms with Crippen molar-refractivity contribution in [3.8, 4) is 0 Å². The molecule has 3 nitrogen and oxygen atoms in total. The van der Waals surface area contributed by atoms with E-state index in [0.29, 0.717) is 6.54 Å². The van der Waals surface area contributed by atoms with E-state index in [0.717, 1.165) is 19.4 Å². The predicted octanol–water partition coefficient (Wildman–Crippen LogP) is 0.118. The molecule has 0 aromatic rings. The van der Waals surface area contributed by atoms with Crippen LogP contribution in [0.4, 0.5) is 0 Å². The third kappa shape index (κ3) is 7.78. The van der Waals surface area contributed by atoms with Crippen molar-refractivity contribution in [2.24, 2.45) is 0 Å². The Bertz CT molecular complexity index is 86.2. The third-order valence-electron chi connectivity index (χ3n) is 1.57. The highest BCUT2D eigenvalue weighted by atomic mass is 16.3. The van der Waals surface area contributed by atoms with Crippen LogP contribution in [0.2, 0.25) is 0 Å². The van der Waals surface area contributed by atoms with Crippen molar-refractivity contribution < 1.29 is 10.2 Å². The molecule has 0 aliphatic carbocycles. The van der Waals surface area contributed by atoms with E-state index in [9.17, 15) is 0 Å². The minimum absolute atomic E-state index is 0.198. The first kappa shape index (κ1) is 10.9. The van der Waals surface area contributed by atoms with Crippen molar-refractivity contribution in [1.82, 2.24) is 5.32 Å². The molecule has 0 heterocycles. The topological polar surface area (TPSA) is 52.5 Å². The highest BCUT2D eigenvalue weighted by molar-refractivity contribution is 4.57. The van der Waals surface area contributed by atoms with Gasteiger partial charge in [0.1, 0.15) is 0 Å². The molecule has 3 heteroatoms. The summed E-state index contributed by atoms with van der Waals surface area (Å²) in [6.07, 6.45) is 1.07. The first-order valence-electron chi connectivity index (χ1n) is 4.23. The second kappa shape index (κ2) is 6.58. The van der Waals surface area contributed by atoms with Gasteiger partial charge in [-0.2, -0.15) is 0 Å². The molecule has 0 saturated heterocycles. The van der Waals surface area contributed by atoms with Crippen molar-refractivity contribution in [2.45, 2.75) is 38.9 Å². The van der Waals surface area contributed by atoms with E-state index in [2.05, 4.69) is 5.32 Å². The van der Waals surface area contributed by atoms with Crippen LogP contribution in [0, 0.1) is 0 Å². The quantitative estimate of drug-likeness (QED) is 0.485.